The molecule has 0 aliphatic heterocycles. The average molecular weight is 334 g/mol. The van der Waals surface area contributed by atoms with E-state index in [0.29, 0.717) is 17.5 Å². The Morgan fingerprint density at radius 2 is 1.75 bits per heavy atom. The minimum atomic E-state index is -4.88. The summed E-state index contributed by atoms with van der Waals surface area (Å²) in [4.78, 5) is 12.2. The van der Waals surface area contributed by atoms with Crippen LogP contribution in [0.3, 0.4) is 0 Å². The minimum absolute atomic E-state index is 0.189. The number of hydrogen-bond acceptors (Lipinski definition) is 2. The number of rotatable bonds is 4. The van der Waals surface area contributed by atoms with Crippen molar-refractivity contribution in [2.24, 2.45) is 0 Å². The zero-order valence-corrected chi connectivity index (χ0v) is 13.2. The Morgan fingerprint density at radius 1 is 1.08 bits per heavy atom. The summed E-state index contributed by atoms with van der Waals surface area (Å²) in [6.45, 7) is 1.94. The molecule has 0 bridgehead atoms. The van der Waals surface area contributed by atoms with Gasteiger partial charge >= 0.3 is 6.18 Å². The fourth-order valence-electron chi connectivity index (χ4n) is 3.22. The number of unbranched alkanes of at least 4 members (excludes halogenated alkanes) is 1. The highest BCUT2D eigenvalue weighted by Gasteiger charge is 2.60. The summed E-state index contributed by atoms with van der Waals surface area (Å²) in [6.07, 6.45) is -3.08. The Kier molecular flexibility index (Phi) is 4.00. The first-order chi connectivity index (χ1) is 11.3. The van der Waals surface area contributed by atoms with Crippen LogP contribution in [0.4, 0.5) is 13.2 Å². The van der Waals surface area contributed by atoms with E-state index in [1.807, 2.05) is 6.92 Å². The summed E-state index contributed by atoms with van der Waals surface area (Å²) in [7, 11) is 0. The van der Waals surface area contributed by atoms with Crippen LogP contribution in [-0.2, 0) is 5.60 Å². The van der Waals surface area contributed by atoms with Gasteiger partial charge in [0, 0.05) is 23.1 Å². The third kappa shape index (κ3) is 2.35. The van der Waals surface area contributed by atoms with Gasteiger partial charge in [0.05, 0.1) is 0 Å². The molecule has 126 valence electrons. The zero-order chi connectivity index (χ0) is 17.5. The van der Waals surface area contributed by atoms with E-state index in [1.165, 1.54) is 30.3 Å². The summed E-state index contributed by atoms with van der Waals surface area (Å²) >= 11 is 0. The first-order valence-corrected chi connectivity index (χ1v) is 7.87. The lowest BCUT2D eigenvalue weighted by Gasteiger charge is -2.28. The zero-order valence-electron chi connectivity index (χ0n) is 13.2. The van der Waals surface area contributed by atoms with Crippen LogP contribution in [0.25, 0.3) is 11.1 Å². The number of fused-ring (bicyclic) bond motifs is 3. The van der Waals surface area contributed by atoms with Gasteiger partial charge < -0.3 is 5.11 Å². The molecule has 2 nitrogen and oxygen atoms in total. The van der Waals surface area contributed by atoms with Crippen molar-refractivity contribution in [3.8, 4) is 11.1 Å². The predicted molar refractivity (Wildman–Crippen MR) is 84.8 cm³/mol. The Hall–Kier alpha value is -2.14. The summed E-state index contributed by atoms with van der Waals surface area (Å²) in [5, 5.41) is 10.6. The van der Waals surface area contributed by atoms with Gasteiger partial charge in [0.2, 0.25) is 5.60 Å². The van der Waals surface area contributed by atoms with Crippen molar-refractivity contribution in [1.82, 2.24) is 0 Å². The fraction of sp³-hybridized carbons (Fsp3) is 0.316. The predicted octanol–water partition coefficient (Wildman–Crippen LogP) is 4.84. The number of carbonyl (C=O) groups is 1. The molecule has 0 saturated heterocycles. The molecule has 0 aromatic heterocycles. The van der Waals surface area contributed by atoms with Crippen molar-refractivity contribution in [2.45, 2.75) is 38.0 Å². The van der Waals surface area contributed by atoms with Gasteiger partial charge in [-0.1, -0.05) is 49.7 Å². The van der Waals surface area contributed by atoms with Crippen molar-refractivity contribution in [1.29, 1.82) is 0 Å². The standard InChI is InChI=1S/C19H17F3O2/c1-2-3-8-17(23)12-9-10-14-13-6-4-5-7-15(13)18(24,16(14)11-12)19(20,21)22/h4-7,9-11,24H,2-3,8H2,1H3. The Balaban J connectivity index is 2.17. The van der Waals surface area contributed by atoms with E-state index >= 15 is 0 Å². The Labute approximate surface area is 137 Å². The van der Waals surface area contributed by atoms with E-state index in [1.54, 1.807) is 12.1 Å². The van der Waals surface area contributed by atoms with Crippen LogP contribution in [0.5, 0.6) is 0 Å². The number of aliphatic hydroxyl groups is 1. The minimum Gasteiger partial charge on any atom is -0.372 e. The highest BCUT2D eigenvalue weighted by molar-refractivity contribution is 5.97. The number of ketones is 1. The molecule has 0 spiro atoms. The molecule has 1 N–H and O–H groups in total. The van der Waals surface area contributed by atoms with Gasteiger partial charge in [0.1, 0.15) is 0 Å². The average Bonchev–Trinajstić information content (AvgIpc) is 2.83. The lowest BCUT2D eigenvalue weighted by Crippen LogP contribution is -2.41. The van der Waals surface area contributed by atoms with Gasteiger partial charge in [0.15, 0.2) is 5.78 Å². The van der Waals surface area contributed by atoms with Crippen LogP contribution in [0.15, 0.2) is 42.5 Å². The maximum atomic E-state index is 13.7. The first-order valence-electron chi connectivity index (χ1n) is 7.87. The first kappa shape index (κ1) is 16.7. The number of benzene rings is 2. The molecule has 0 radical (unpaired) electrons. The van der Waals surface area contributed by atoms with Crippen LogP contribution in [0.1, 0.15) is 47.7 Å². The molecule has 2 aromatic carbocycles. The van der Waals surface area contributed by atoms with Gasteiger partial charge in [-0.05, 0) is 23.6 Å². The second-order valence-corrected chi connectivity index (χ2v) is 6.04. The lowest BCUT2D eigenvalue weighted by molar-refractivity contribution is -0.246. The number of carbonyl (C=O) groups excluding carboxylic acids is 1. The summed E-state index contributed by atoms with van der Waals surface area (Å²) < 4.78 is 41.1. The van der Waals surface area contributed by atoms with Crippen LogP contribution < -0.4 is 0 Å². The third-order valence-corrected chi connectivity index (χ3v) is 4.51. The van der Waals surface area contributed by atoms with Crippen LogP contribution in [0.2, 0.25) is 0 Å². The number of alkyl halides is 3. The highest BCUT2D eigenvalue weighted by atomic mass is 19.4. The van der Waals surface area contributed by atoms with Crippen molar-refractivity contribution >= 4 is 5.78 Å². The largest absolute Gasteiger partial charge is 0.425 e. The van der Waals surface area contributed by atoms with Gasteiger partial charge in [0.25, 0.3) is 0 Å². The van der Waals surface area contributed by atoms with Crippen LogP contribution >= 0.6 is 0 Å². The molecule has 1 aliphatic carbocycles. The van der Waals surface area contributed by atoms with E-state index in [0.717, 1.165) is 6.42 Å². The normalized spacial score (nSPS) is 19.0. The quantitative estimate of drug-likeness (QED) is 0.813. The second kappa shape index (κ2) is 5.74. The van der Waals surface area contributed by atoms with E-state index in [9.17, 15) is 23.1 Å². The van der Waals surface area contributed by atoms with Crippen molar-refractivity contribution in [2.75, 3.05) is 0 Å². The van der Waals surface area contributed by atoms with Crippen molar-refractivity contribution in [3.05, 3.63) is 59.2 Å². The van der Waals surface area contributed by atoms with Gasteiger partial charge in [-0.2, -0.15) is 13.2 Å². The van der Waals surface area contributed by atoms with Gasteiger partial charge in [-0.15, -0.1) is 0 Å². The smallest absolute Gasteiger partial charge is 0.372 e. The highest BCUT2D eigenvalue weighted by Crippen LogP contribution is 2.54. The van der Waals surface area contributed by atoms with Crippen LogP contribution in [0, 0.1) is 0 Å². The second-order valence-electron chi connectivity index (χ2n) is 6.04. The number of hydrogen-bond donors (Lipinski definition) is 1. The number of Topliss-reactive ketones (excluding diaryl/α,β-unsaturated/α-hetero) is 1. The molecule has 1 atom stereocenters. The third-order valence-electron chi connectivity index (χ3n) is 4.51. The molecule has 0 saturated carbocycles. The molecule has 1 aliphatic rings. The van der Waals surface area contributed by atoms with E-state index in [2.05, 4.69) is 0 Å². The van der Waals surface area contributed by atoms with Gasteiger partial charge in [-0.3, -0.25) is 4.79 Å². The summed E-state index contributed by atoms with van der Waals surface area (Å²) in [5.74, 6) is -0.208. The maximum absolute atomic E-state index is 13.7. The molecule has 1 unspecified atom stereocenters. The maximum Gasteiger partial charge on any atom is 0.425 e. The molecule has 0 fully saturated rings. The van der Waals surface area contributed by atoms with Crippen molar-refractivity contribution < 1.29 is 23.1 Å². The Morgan fingerprint density at radius 3 is 2.42 bits per heavy atom. The molecular formula is C19H17F3O2. The van der Waals surface area contributed by atoms with Crippen molar-refractivity contribution in [3.63, 3.8) is 0 Å². The SMILES string of the molecule is CCCCC(=O)c1ccc2c(c1)C(O)(C(F)(F)F)c1ccccc1-2. The summed E-state index contributed by atoms with van der Waals surface area (Å²) in [6, 6.07) is 10.2. The molecule has 0 heterocycles. The molecule has 2 aromatic rings. The lowest BCUT2D eigenvalue weighted by atomic mass is 9.89. The molecule has 0 amide bonds. The van der Waals surface area contributed by atoms with Gasteiger partial charge in [-0.25, -0.2) is 0 Å². The molecule has 24 heavy (non-hydrogen) atoms. The molecule has 3 rings (SSSR count). The fourth-order valence-corrected chi connectivity index (χ4v) is 3.22. The van der Waals surface area contributed by atoms with Crippen LogP contribution in [-0.4, -0.2) is 17.1 Å². The monoisotopic (exact) mass is 334 g/mol. The van der Waals surface area contributed by atoms with E-state index < -0.39 is 11.8 Å². The molecular weight excluding hydrogens is 317 g/mol. The number of halogens is 3. The van der Waals surface area contributed by atoms with E-state index in [4.69, 9.17) is 0 Å². The molecule has 5 heteroatoms. The van der Waals surface area contributed by atoms with E-state index in [-0.39, 0.29) is 28.9 Å². The topological polar surface area (TPSA) is 37.3 Å². The summed E-state index contributed by atoms with van der Waals surface area (Å²) in [5.41, 5.74) is -2.67. The Bertz CT molecular complexity index is 795.